The van der Waals surface area contributed by atoms with Crippen LogP contribution in [-0.4, -0.2) is 6.61 Å². The number of anilines is 1. The number of nitrogens with one attached hydrogen (secondary N) is 1. The van der Waals surface area contributed by atoms with Crippen LogP contribution in [0.4, 0.5) is 5.69 Å². The van der Waals surface area contributed by atoms with Gasteiger partial charge in [-0.2, -0.15) is 5.26 Å². The molecule has 0 bridgehead atoms. The van der Waals surface area contributed by atoms with Gasteiger partial charge in [0.25, 0.3) is 0 Å². The second-order valence-corrected chi connectivity index (χ2v) is 4.89. The van der Waals surface area contributed by atoms with Crippen molar-refractivity contribution >= 4 is 5.69 Å². The Hall–Kier alpha value is -2.47. The van der Waals surface area contributed by atoms with Gasteiger partial charge in [0.15, 0.2) is 6.61 Å². The maximum absolute atomic E-state index is 8.52. The van der Waals surface area contributed by atoms with Crippen LogP contribution in [0.1, 0.15) is 24.5 Å². The number of hydrogen-bond acceptors (Lipinski definition) is 3. The molecule has 0 amide bonds. The predicted octanol–water partition coefficient (Wildman–Crippen LogP) is 4.15. The van der Waals surface area contributed by atoms with Gasteiger partial charge >= 0.3 is 0 Å². The Morgan fingerprint density at radius 2 is 1.90 bits per heavy atom. The molecular formula is C18H20N2O. The van der Waals surface area contributed by atoms with Crippen molar-refractivity contribution in [1.82, 2.24) is 0 Å². The monoisotopic (exact) mass is 280 g/mol. The Labute approximate surface area is 126 Å². The fourth-order valence-corrected chi connectivity index (χ4v) is 2.14. The van der Waals surface area contributed by atoms with Crippen molar-refractivity contribution in [3.63, 3.8) is 0 Å². The molecule has 0 spiro atoms. The highest BCUT2D eigenvalue weighted by molar-refractivity contribution is 5.45. The molecule has 0 aliphatic carbocycles. The summed E-state index contributed by atoms with van der Waals surface area (Å²) in [6.45, 7) is 3.00. The summed E-state index contributed by atoms with van der Waals surface area (Å²) in [5.41, 5.74) is 3.61. The average Bonchev–Trinajstić information content (AvgIpc) is 2.53. The SMILES string of the molecule is CCCc1ccc(NCc2cccc(OCC#N)c2)cc1. The van der Waals surface area contributed by atoms with Crippen molar-refractivity contribution in [3.8, 4) is 11.8 Å². The van der Waals surface area contributed by atoms with Gasteiger partial charge in [-0.25, -0.2) is 0 Å². The summed E-state index contributed by atoms with van der Waals surface area (Å²) >= 11 is 0. The molecule has 108 valence electrons. The molecule has 0 unspecified atom stereocenters. The Morgan fingerprint density at radius 3 is 2.62 bits per heavy atom. The lowest BCUT2D eigenvalue weighted by molar-refractivity contribution is 0.368. The number of aryl methyl sites for hydroxylation is 1. The number of benzene rings is 2. The molecule has 0 heterocycles. The van der Waals surface area contributed by atoms with Crippen molar-refractivity contribution < 1.29 is 4.74 Å². The average molecular weight is 280 g/mol. The third kappa shape index (κ3) is 4.85. The standard InChI is InChI=1S/C18H20N2O/c1-2-4-15-7-9-17(10-8-15)20-14-16-5-3-6-18(13-16)21-12-11-19/h3,5-10,13,20H,2,4,12,14H2,1H3. The van der Waals surface area contributed by atoms with Crippen LogP contribution in [0.25, 0.3) is 0 Å². The van der Waals surface area contributed by atoms with Crippen LogP contribution in [0.3, 0.4) is 0 Å². The third-order valence-corrected chi connectivity index (χ3v) is 3.19. The normalized spacial score (nSPS) is 9.90. The maximum atomic E-state index is 8.52. The lowest BCUT2D eigenvalue weighted by Crippen LogP contribution is -2.00. The summed E-state index contributed by atoms with van der Waals surface area (Å²) in [5, 5.41) is 11.9. The molecule has 3 nitrogen and oxygen atoms in total. The van der Waals surface area contributed by atoms with Gasteiger partial charge in [0, 0.05) is 12.2 Å². The molecule has 2 aromatic rings. The van der Waals surface area contributed by atoms with E-state index in [0.29, 0.717) is 0 Å². The van der Waals surface area contributed by atoms with Crippen molar-refractivity contribution in [1.29, 1.82) is 5.26 Å². The maximum Gasteiger partial charge on any atom is 0.174 e. The number of rotatable bonds is 7. The van der Waals surface area contributed by atoms with E-state index < -0.39 is 0 Å². The first-order chi connectivity index (χ1) is 10.3. The molecule has 3 heteroatoms. The summed E-state index contributed by atoms with van der Waals surface area (Å²) < 4.78 is 5.30. The van der Waals surface area contributed by atoms with Crippen LogP contribution in [0.2, 0.25) is 0 Å². The molecular weight excluding hydrogens is 260 g/mol. The highest BCUT2D eigenvalue weighted by Gasteiger charge is 1.98. The Kier molecular flexibility index (Phi) is 5.66. The summed E-state index contributed by atoms with van der Waals surface area (Å²) in [7, 11) is 0. The number of ether oxygens (including phenoxy) is 1. The van der Waals surface area contributed by atoms with Gasteiger partial charge in [-0.1, -0.05) is 37.6 Å². The molecule has 0 radical (unpaired) electrons. The fraction of sp³-hybridized carbons (Fsp3) is 0.278. The molecule has 2 rings (SSSR count). The first-order valence-corrected chi connectivity index (χ1v) is 7.23. The topological polar surface area (TPSA) is 45.0 Å². The summed E-state index contributed by atoms with van der Waals surface area (Å²) in [6, 6.07) is 18.3. The van der Waals surface area contributed by atoms with Gasteiger partial charge in [-0.15, -0.1) is 0 Å². The van der Waals surface area contributed by atoms with Gasteiger partial charge in [-0.05, 0) is 41.8 Å². The van der Waals surface area contributed by atoms with Crippen LogP contribution in [0.15, 0.2) is 48.5 Å². The van der Waals surface area contributed by atoms with E-state index in [1.807, 2.05) is 30.3 Å². The minimum Gasteiger partial charge on any atom is -0.479 e. The summed E-state index contributed by atoms with van der Waals surface area (Å²) in [5.74, 6) is 0.731. The van der Waals surface area contributed by atoms with Crippen molar-refractivity contribution in [2.75, 3.05) is 11.9 Å². The zero-order chi connectivity index (χ0) is 14.9. The number of nitriles is 1. The first kappa shape index (κ1) is 14.9. The van der Waals surface area contributed by atoms with Crippen LogP contribution in [-0.2, 0) is 13.0 Å². The molecule has 0 saturated heterocycles. The molecule has 21 heavy (non-hydrogen) atoms. The van der Waals surface area contributed by atoms with Gasteiger partial charge in [0.05, 0.1) is 0 Å². The Morgan fingerprint density at radius 1 is 1.10 bits per heavy atom. The van der Waals surface area contributed by atoms with E-state index in [1.165, 1.54) is 12.0 Å². The second kappa shape index (κ2) is 7.96. The van der Waals surface area contributed by atoms with Crippen molar-refractivity contribution in [2.45, 2.75) is 26.3 Å². The minimum absolute atomic E-state index is 0.0791. The molecule has 0 fully saturated rings. The quantitative estimate of drug-likeness (QED) is 0.828. The van der Waals surface area contributed by atoms with Gasteiger partial charge in [0.2, 0.25) is 0 Å². The zero-order valence-electron chi connectivity index (χ0n) is 12.3. The van der Waals surface area contributed by atoms with E-state index in [1.54, 1.807) is 0 Å². The summed E-state index contributed by atoms with van der Waals surface area (Å²) in [4.78, 5) is 0. The Balaban J connectivity index is 1.91. The molecule has 1 N–H and O–H groups in total. The zero-order valence-corrected chi connectivity index (χ0v) is 12.3. The van der Waals surface area contributed by atoms with E-state index in [0.717, 1.165) is 30.0 Å². The Bertz CT molecular complexity index is 599. The number of hydrogen-bond donors (Lipinski definition) is 1. The molecule has 0 aromatic heterocycles. The predicted molar refractivity (Wildman–Crippen MR) is 85.3 cm³/mol. The van der Waals surface area contributed by atoms with E-state index >= 15 is 0 Å². The molecule has 0 aliphatic heterocycles. The van der Waals surface area contributed by atoms with Gasteiger partial charge in [-0.3, -0.25) is 0 Å². The van der Waals surface area contributed by atoms with Crippen LogP contribution >= 0.6 is 0 Å². The van der Waals surface area contributed by atoms with E-state index in [-0.39, 0.29) is 6.61 Å². The van der Waals surface area contributed by atoms with Crippen LogP contribution in [0.5, 0.6) is 5.75 Å². The highest BCUT2D eigenvalue weighted by Crippen LogP contribution is 2.16. The molecule has 0 saturated carbocycles. The van der Waals surface area contributed by atoms with Crippen molar-refractivity contribution in [3.05, 3.63) is 59.7 Å². The summed E-state index contributed by atoms with van der Waals surface area (Å²) in [6.07, 6.45) is 2.29. The molecule has 2 aromatic carbocycles. The minimum atomic E-state index is 0.0791. The van der Waals surface area contributed by atoms with Gasteiger partial charge < -0.3 is 10.1 Å². The van der Waals surface area contributed by atoms with E-state index in [4.69, 9.17) is 10.00 Å². The smallest absolute Gasteiger partial charge is 0.174 e. The van der Waals surface area contributed by atoms with E-state index in [2.05, 4.69) is 36.5 Å². The van der Waals surface area contributed by atoms with Crippen molar-refractivity contribution in [2.24, 2.45) is 0 Å². The third-order valence-electron chi connectivity index (χ3n) is 3.19. The van der Waals surface area contributed by atoms with Crippen LogP contribution < -0.4 is 10.1 Å². The molecule has 0 aliphatic rings. The number of nitrogens with zero attached hydrogens (tertiary/aromatic N) is 1. The van der Waals surface area contributed by atoms with E-state index in [9.17, 15) is 0 Å². The highest BCUT2D eigenvalue weighted by atomic mass is 16.5. The lowest BCUT2D eigenvalue weighted by atomic mass is 10.1. The lowest BCUT2D eigenvalue weighted by Gasteiger charge is -2.09. The molecule has 0 atom stereocenters. The van der Waals surface area contributed by atoms with Gasteiger partial charge in [0.1, 0.15) is 11.8 Å². The van der Waals surface area contributed by atoms with Crippen LogP contribution in [0, 0.1) is 11.3 Å². The fourth-order valence-electron chi connectivity index (χ4n) is 2.14. The second-order valence-electron chi connectivity index (χ2n) is 4.89. The first-order valence-electron chi connectivity index (χ1n) is 7.23. The largest absolute Gasteiger partial charge is 0.479 e.